The smallest absolute Gasteiger partial charge is 0.0991 e. The third kappa shape index (κ3) is 2.78. The molecule has 16 heavy (non-hydrogen) atoms. The molecule has 1 N–H and O–H groups in total. The summed E-state index contributed by atoms with van der Waals surface area (Å²) in [5.41, 5.74) is 3.35. The molecular weight excluding hydrogens is 216 g/mol. The molecule has 0 bridgehead atoms. The molecule has 3 heteroatoms. The first-order valence-electron chi connectivity index (χ1n) is 5.57. The first kappa shape index (κ1) is 11.5. The molecule has 1 aromatic rings. The Morgan fingerprint density at radius 1 is 1.50 bits per heavy atom. The second-order valence-corrected chi connectivity index (χ2v) is 5.32. The van der Waals surface area contributed by atoms with Gasteiger partial charge < -0.3 is 5.32 Å². The summed E-state index contributed by atoms with van der Waals surface area (Å²) in [4.78, 5) is 0. The van der Waals surface area contributed by atoms with Crippen LogP contribution in [0.4, 0.5) is 0 Å². The predicted molar refractivity (Wildman–Crippen MR) is 68.4 cm³/mol. The van der Waals surface area contributed by atoms with Crippen LogP contribution in [0.5, 0.6) is 0 Å². The fraction of sp³-hybridized carbons (Fsp3) is 0.462. The highest BCUT2D eigenvalue weighted by atomic mass is 32.2. The van der Waals surface area contributed by atoms with Gasteiger partial charge in [0, 0.05) is 5.75 Å². The van der Waals surface area contributed by atoms with Gasteiger partial charge in [0.1, 0.15) is 0 Å². The van der Waals surface area contributed by atoms with Crippen molar-refractivity contribution in [2.75, 3.05) is 18.8 Å². The fourth-order valence-electron chi connectivity index (χ4n) is 1.73. The van der Waals surface area contributed by atoms with Crippen molar-refractivity contribution in [1.29, 1.82) is 5.26 Å². The number of hydrogen-bond acceptors (Lipinski definition) is 3. The summed E-state index contributed by atoms with van der Waals surface area (Å²) >= 11 is 1.99. The van der Waals surface area contributed by atoms with Gasteiger partial charge in [-0.15, -0.1) is 0 Å². The summed E-state index contributed by atoms with van der Waals surface area (Å²) in [6.45, 7) is 4.44. The first-order valence-corrected chi connectivity index (χ1v) is 6.73. The Morgan fingerprint density at radius 2 is 2.31 bits per heavy atom. The summed E-state index contributed by atoms with van der Waals surface area (Å²) in [7, 11) is 0. The summed E-state index contributed by atoms with van der Waals surface area (Å²) in [6.07, 6.45) is 0. The van der Waals surface area contributed by atoms with E-state index in [1.165, 1.54) is 30.0 Å². The predicted octanol–water partition coefficient (Wildman–Crippen LogP) is 2.32. The molecule has 0 unspecified atom stereocenters. The van der Waals surface area contributed by atoms with Gasteiger partial charge in [-0.1, -0.05) is 6.07 Å². The SMILES string of the molecule is Cc1cc(C#N)ccc1CSCC1CNC1. The van der Waals surface area contributed by atoms with Gasteiger partial charge >= 0.3 is 0 Å². The molecule has 2 nitrogen and oxygen atoms in total. The van der Waals surface area contributed by atoms with Crippen molar-refractivity contribution >= 4 is 11.8 Å². The quantitative estimate of drug-likeness (QED) is 0.865. The van der Waals surface area contributed by atoms with Crippen LogP contribution in [0.15, 0.2) is 18.2 Å². The van der Waals surface area contributed by atoms with Gasteiger partial charge in [0.2, 0.25) is 0 Å². The summed E-state index contributed by atoms with van der Waals surface area (Å²) in [5.74, 6) is 3.17. The minimum Gasteiger partial charge on any atom is -0.316 e. The third-order valence-corrected chi connectivity index (χ3v) is 4.17. The zero-order chi connectivity index (χ0) is 11.4. The molecule has 84 valence electrons. The molecule has 0 spiro atoms. The van der Waals surface area contributed by atoms with E-state index in [4.69, 9.17) is 5.26 Å². The Balaban J connectivity index is 1.86. The monoisotopic (exact) mass is 232 g/mol. The Morgan fingerprint density at radius 3 is 2.88 bits per heavy atom. The number of rotatable bonds is 4. The molecule has 1 aliphatic rings. The van der Waals surface area contributed by atoms with Crippen LogP contribution in [0.1, 0.15) is 16.7 Å². The van der Waals surface area contributed by atoms with E-state index in [0.717, 1.165) is 17.2 Å². The van der Waals surface area contributed by atoms with Crippen LogP contribution >= 0.6 is 11.8 Å². The van der Waals surface area contributed by atoms with Gasteiger partial charge in [0.25, 0.3) is 0 Å². The largest absolute Gasteiger partial charge is 0.316 e. The average Bonchev–Trinajstić information content (AvgIpc) is 2.23. The maximum absolute atomic E-state index is 8.78. The lowest BCUT2D eigenvalue weighted by Gasteiger charge is -2.26. The van der Waals surface area contributed by atoms with E-state index in [1.54, 1.807) is 0 Å². The van der Waals surface area contributed by atoms with Crippen LogP contribution in [0.2, 0.25) is 0 Å². The highest BCUT2D eigenvalue weighted by molar-refractivity contribution is 7.98. The van der Waals surface area contributed by atoms with E-state index >= 15 is 0 Å². The number of thioether (sulfide) groups is 1. The Hall–Kier alpha value is -0.980. The minimum atomic E-state index is 0.759. The van der Waals surface area contributed by atoms with Crippen LogP contribution in [-0.4, -0.2) is 18.8 Å². The van der Waals surface area contributed by atoms with Gasteiger partial charge in [-0.2, -0.15) is 17.0 Å². The van der Waals surface area contributed by atoms with Crippen molar-refractivity contribution in [2.24, 2.45) is 5.92 Å². The second-order valence-electron chi connectivity index (χ2n) is 4.29. The van der Waals surface area contributed by atoms with E-state index in [0.29, 0.717) is 0 Å². The number of nitrogens with one attached hydrogen (secondary N) is 1. The molecule has 0 radical (unpaired) electrons. The first-order chi connectivity index (χ1) is 7.79. The maximum atomic E-state index is 8.78. The zero-order valence-corrected chi connectivity index (χ0v) is 10.3. The molecule has 1 aromatic carbocycles. The van der Waals surface area contributed by atoms with Crippen molar-refractivity contribution in [2.45, 2.75) is 12.7 Å². The Bertz CT molecular complexity index is 405. The Kier molecular flexibility index (Phi) is 3.87. The normalized spacial score (nSPS) is 15.5. The molecule has 1 heterocycles. The minimum absolute atomic E-state index is 0.759. The molecule has 1 saturated heterocycles. The zero-order valence-electron chi connectivity index (χ0n) is 9.49. The lowest BCUT2D eigenvalue weighted by Crippen LogP contribution is -2.43. The molecule has 0 amide bonds. The third-order valence-electron chi connectivity index (χ3n) is 2.95. The molecule has 0 aromatic heterocycles. The van der Waals surface area contributed by atoms with Crippen LogP contribution in [0, 0.1) is 24.2 Å². The number of nitriles is 1. The van der Waals surface area contributed by atoms with Crippen molar-refractivity contribution < 1.29 is 0 Å². The highest BCUT2D eigenvalue weighted by Gasteiger charge is 2.16. The number of nitrogens with zero attached hydrogens (tertiary/aromatic N) is 1. The van der Waals surface area contributed by atoms with E-state index < -0.39 is 0 Å². The molecule has 1 fully saturated rings. The lowest BCUT2D eigenvalue weighted by atomic mass is 10.1. The van der Waals surface area contributed by atoms with Crippen LogP contribution in [0.3, 0.4) is 0 Å². The number of benzene rings is 1. The van der Waals surface area contributed by atoms with E-state index in [9.17, 15) is 0 Å². The molecule has 2 rings (SSSR count). The van der Waals surface area contributed by atoms with Crippen LogP contribution in [-0.2, 0) is 5.75 Å². The summed E-state index contributed by atoms with van der Waals surface area (Å²) in [5, 5.41) is 12.1. The van der Waals surface area contributed by atoms with Crippen LogP contribution < -0.4 is 5.32 Å². The summed E-state index contributed by atoms with van der Waals surface area (Å²) in [6, 6.07) is 8.14. The number of aryl methyl sites for hydroxylation is 1. The topological polar surface area (TPSA) is 35.8 Å². The lowest BCUT2D eigenvalue weighted by molar-refractivity contribution is 0.385. The van der Waals surface area contributed by atoms with E-state index in [1.807, 2.05) is 23.9 Å². The van der Waals surface area contributed by atoms with Gasteiger partial charge in [0.15, 0.2) is 0 Å². The van der Waals surface area contributed by atoms with Crippen LogP contribution in [0.25, 0.3) is 0 Å². The maximum Gasteiger partial charge on any atom is 0.0991 e. The molecule has 0 atom stereocenters. The van der Waals surface area contributed by atoms with Crippen molar-refractivity contribution in [3.05, 3.63) is 34.9 Å². The fourth-order valence-corrected chi connectivity index (χ4v) is 2.96. The molecular formula is C13H16N2S. The van der Waals surface area contributed by atoms with Gasteiger partial charge in [-0.25, -0.2) is 0 Å². The highest BCUT2D eigenvalue weighted by Crippen LogP contribution is 2.20. The van der Waals surface area contributed by atoms with Crippen molar-refractivity contribution in [3.8, 4) is 6.07 Å². The average molecular weight is 232 g/mol. The van der Waals surface area contributed by atoms with Crippen molar-refractivity contribution in [3.63, 3.8) is 0 Å². The van der Waals surface area contributed by atoms with Gasteiger partial charge in [0.05, 0.1) is 11.6 Å². The van der Waals surface area contributed by atoms with E-state index in [-0.39, 0.29) is 0 Å². The molecule has 0 saturated carbocycles. The van der Waals surface area contributed by atoms with Gasteiger partial charge in [-0.05, 0) is 54.9 Å². The van der Waals surface area contributed by atoms with E-state index in [2.05, 4.69) is 24.4 Å². The second kappa shape index (κ2) is 5.38. The van der Waals surface area contributed by atoms with Gasteiger partial charge in [-0.3, -0.25) is 0 Å². The summed E-state index contributed by atoms with van der Waals surface area (Å²) < 4.78 is 0. The Labute approximate surface area is 101 Å². The molecule has 1 aliphatic heterocycles. The number of hydrogen-bond donors (Lipinski definition) is 1. The standard InChI is InChI=1S/C13H16N2S/c1-10-4-11(5-14)2-3-13(10)9-16-8-12-6-15-7-12/h2-4,12,15H,6-9H2,1H3. The van der Waals surface area contributed by atoms with Crippen molar-refractivity contribution in [1.82, 2.24) is 5.32 Å². The molecule has 0 aliphatic carbocycles.